The third kappa shape index (κ3) is 2.87. The molecule has 1 aliphatic heterocycles. The van der Waals surface area contributed by atoms with Gasteiger partial charge in [0.05, 0.1) is 28.9 Å². The van der Waals surface area contributed by atoms with Crippen LogP contribution in [0.1, 0.15) is 28.4 Å². The molecule has 1 fully saturated rings. The molecule has 1 aromatic carbocycles. The van der Waals surface area contributed by atoms with Gasteiger partial charge >= 0.3 is 0 Å². The maximum atomic E-state index is 13.7. The van der Waals surface area contributed by atoms with Gasteiger partial charge in [0, 0.05) is 6.54 Å². The van der Waals surface area contributed by atoms with Crippen molar-refractivity contribution in [2.45, 2.75) is 18.5 Å². The summed E-state index contributed by atoms with van der Waals surface area (Å²) in [4.78, 5) is 14.3. The Bertz CT molecular complexity index is 675. The molecule has 3 rings (SSSR count). The lowest BCUT2D eigenvalue weighted by molar-refractivity contribution is 0.0927. The molecule has 22 heavy (non-hydrogen) atoms. The number of halogens is 2. The molecular formula is C16H16ClFN2O2. The van der Waals surface area contributed by atoms with Gasteiger partial charge in [-0.2, -0.15) is 0 Å². The zero-order chi connectivity index (χ0) is 15.7. The molecule has 0 radical (unpaired) electrons. The highest BCUT2D eigenvalue weighted by molar-refractivity contribution is 6.30. The van der Waals surface area contributed by atoms with Crippen LogP contribution in [0.5, 0.6) is 0 Å². The highest BCUT2D eigenvalue weighted by atomic mass is 35.5. The third-order valence-corrected chi connectivity index (χ3v) is 4.34. The quantitative estimate of drug-likeness (QED) is 0.943. The van der Waals surface area contributed by atoms with Gasteiger partial charge in [-0.1, -0.05) is 17.7 Å². The molecular weight excluding hydrogens is 307 g/mol. The maximum Gasteiger partial charge on any atom is 0.254 e. The Morgan fingerprint density at radius 3 is 2.95 bits per heavy atom. The van der Waals surface area contributed by atoms with E-state index in [1.54, 1.807) is 18.2 Å². The van der Waals surface area contributed by atoms with Gasteiger partial charge in [0.2, 0.25) is 0 Å². The second kappa shape index (κ2) is 6.10. The summed E-state index contributed by atoms with van der Waals surface area (Å²) in [5.74, 6) is -0.632. The topological polar surface area (TPSA) is 45.5 Å². The number of nitrogens with one attached hydrogen (secondary N) is 1. The molecule has 0 aliphatic carbocycles. The van der Waals surface area contributed by atoms with Crippen LogP contribution in [-0.4, -0.2) is 30.4 Å². The molecule has 0 bridgehead atoms. The van der Waals surface area contributed by atoms with Crippen LogP contribution in [0.25, 0.3) is 0 Å². The monoisotopic (exact) mass is 322 g/mol. The van der Waals surface area contributed by atoms with E-state index >= 15 is 0 Å². The predicted molar refractivity (Wildman–Crippen MR) is 81.4 cm³/mol. The Kier molecular flexibility index (Phi) is 4.18. The first-order valence-corrected chi connectivity index (χ1v) is 7.42. The molecule has 116 valence electrons. The lowest BCUT2D eigenvalue weighted by atomic mass is 9.99. The number of likely N-dealkylation sites (tertiary alicyclic amines) is 1. The number of hydrogen-bond donors (Lipinski definition) is 1. The van der Waals surface area contributed by atoms with Crippen molar-refractivity contribution in [2.75, 3.05) is 13.6 Å². The molecule has 0 saturated carbocycles. The number of carbonyl (C=O) groups excluding carboxylic acids is 1. The average molecular weight is 323 g/mol. The van der Waals surface area contributed by atoms with Gasteiger partial charge < -0.3 is 9.73 Å². The number of carbonyl (C=O) groups is 1. The van der Waals surface area contributed by atoms with E-state index in [1.165, 1.54) is 18.6 Å². The number of hydrogen-bond acceptors (Lipinski definition) is 3. The summed E-state index contributed by atoms with van der Waals surface area (Å²) in [6.45, 7) is 0.825. The van der Waals surface area contributed by atoms with E-state index in [0.717, 1.165) is 18.5 Å². The van der Waals surface area contributed by atoms with Gasteiger partial charge in [0.25, 0.3) is 5.91 Å². The van der Waals surface area contributed by atoms with E-state index in [2.05, 4.69) is 10.2 Å². The molecule has 2 aromatic rings. The van der Waals surface area contributed by atoms with Crippen molar-refractivity contribution in [1.82, 2.24) is 10.2 Å². The first-order chi connectivity index (χ1) is 10.6. The lowest BCUT2D eigenvalue weighted by Crippen LogP contribution is -2.38. The largest absolute Gasteiger partial charge is 0.472 e. The molecule has 0 spiro atoms. The average Bonchev–Trinajstić information content (AvgIpc) is 3.13. The predicted octanol–water partition coefficient (Wildman–Crippen LogP) is 3.25. The fraction of sp³-hybridized carbons (Fsp3) is 0.312. The van der Waals surface area contributed by atoms with Crippen LogP contribution in [0.4, 0.5) is 4.39 Å². The zero-order valence-corrected chi connectivity index (χ0v) is 12.8. The molecule has 1 aromatic heterocycles. The van der Waals surface area contributed by atoms with Crippen molar-refractivity contribution >= 4 is 17.5 Å². The number of likely N-dealkylation sites (N-methyl/N-ethyl adjacent to an activating group) is 1. The maximum absolute atomic E-state index is 13.7. The van der Waals surface area contributed by atoms with Crippen molar-refractivity contribution in [3.05, 3.63) is 58.8 Å². The van der Waals surface area contributed by atoms with Crippen LogP contribution in [0.15, 0.2) is 41.2 Å². The SMILES string of the molecule is CN1CC[C@@H](NC(=O)c2ccoc2)[C@H]1c1ccc(Cl)c(F)c1. The Balaban J connectivity index is 1.81. The van der Waals surface area contributed by atoms with Gasteiger partial charge in [-0.3, -0.25) is 9.69 Å². The van der Waals surface area contributed by atoms with Gasteiger partial charge in [0.15, 0.2) is 0 Å². The van der Waals surface area contributed by atoms with E-state index in [1.807, 2.05) is 7.05 Å². The molecule has 1 amide bonds. The minimum atomic E-state index is -0.445. The fourth-order valence-electron chi connectivity index (χ4n) is 2.93. The highest BCUT2D eigenvalue weighted by Gasteiger charge is 2.34. The summed E-state index contributed by atoms with van der Waals surface area (Å²) < 4.78 is 18.6. The van der Waals surface area contributed by atoms with Crippen LogP contribution in [0.2, 0.25) is 5.02 Å². The number of rotatable bonds is 3. The van der Waals surface area contributed by atoms with Crippen LogP contribution < -0.4 is 5.32 Å². The summed E-state index contributed by atoms with van der Waals surface area (Å²) in [6, 6.07) is 6.23. The molecule has 1 N–H and O–H groups in total. The van der Waals surface area contributed by atoms with E-state index in [-0.39, 0.29) is 23.0 Å². The normalized spacial score (nSPS) is 22.0. The number of furan rings is 1. The lowest BCUT2D eigenvalue weighted by Gasteiger charge is -2.26. The number of nitrogens with zero attached hydrogens (tertiary/aromatic N) is 1. The van der Waals surface area contributed by atoms with Crippen LogP contribution in [-0.2, 0) is 0 Å². The van der Waals surface area contributed by atoms with Crippen LogP contribution in [0, 0.1) is 5.82 Å². The molecule has 1 aliphatic rings. The number of amides is 1. The standard InChI is InChI=1S/C16H16ClFN2O2/c1-20-6-4-14(19-16(21)11-5-7-22-9-11)15(20)10-2-3-12(17)13(18)8-10/h2-3,5,7-9,14-15H,4,6H2,1H3,(H,19,21)/t14-,15-/m1/s1. The molecule has 4 nitrogen and oxygen atoms in total. The minimum Gasteiger partial charge on any atom is -0.472 e. The summed E-state index contributed by atoms with van der Waals surface area (Å²) in [7, 11) is 1.96. The Hall–Kier alpha value is -1.85. The fourth-order valence-corrected chi connectivity index (χ4v) is 3.04. The summed E-state index contributed by atoms with van der Waals surface area (Å²) in [6.07, 6.45) is 3.67. The second-order valence-corrected chi connectivity index (χ2v) is 5.89. The third-order valence-electron chi connectivity index (χ3n) is 4.03. The number of benzene rings is 1. The van der Waals surface area contributed by atoms with E-state index < -0.39 is 5.82 Å². The minimum absolute atomic E-state index is 0.0809. The van der Waals surface area contributed by atoms with Gasteiger partial charge in [-0.25, -0.2) is 4.39 Å². The van der Waals surface area contributed by atoms with E-state index in [0.29, 0.717) is 5.56 Å². The van der Waals surface area contributed by atoms with Gasteiger partial charge in [0.1, 0.15) is 12.1 Å². The van der Waals surface area contributed by atoms with Crippen molar-refractivity contribution in [3.8, 4) is 0 Å². The smallest absolute Gasteiger partial charge is 0.254 e. The Labute approximate surface area is 132 Å². The Morgan fingerprint density at radius 1 is 1.45 bits per heavy atom. The van der Waals surface area contributed by atoms with E-state index in [4.69, 9.17) is 16.0 Å². The molecule has 2 atom stereocenters. The summed E-state index contributed by atoms with van der Waals surface area (Å²) in [5.41, 5.74) is 1.29. The van der Waals surface area contributed by atoms with Crippen LogP contribution >= 0.6 is 11.6 Å². The Morgan fingerprint density at radius 2 is 2.27 bits per heavy atom. The zero-order valence-electron chi connectivity index (χ0n) is 12.1. The van der Waals surface area contributed by atoms with Gasteiger partial charge in [-0.15, -0.1) is 0 Å². The van der Waals surface area contributed by atoms with E-state index in [9.17, 15) is 9.18 Å². The molecule has 6 heteroatoms. The second-order valence-electron chi connectivity index (χ2n) is 5.48. The van der Waals surface area contributed by atoms with Crippen molar-refractivity contribution in [1.29, 1.82) is 0 Å². The molecule has 2 heterocycles. The first-order valence-electron chi connectivity index (χ1n) is 7.04. The van der Waals surface area contributed by atoms with Crippen molar-refractivity contribution in [3.63, 3.8) is 0 Å². The highest BCUT2D eigenvalue weighted by Crippen LogP contribution is 2.32. The molecule has 1 saturated heterocycles. The first kappa shape index (κ1) is 15.1. The summed E-state index contributed by atoms with van der Waals surface area (Å²) >= 11 is 5.74. The van der Waals surface area contributed by atoms with Gasteiger partial charge in [-0.05, 0) is 37.2 Å². The van der Waals surface area contributed by atoms with Crippen molar-refractivity contribution < 1.29 is 13.6 Å². The molecule has 0 unspecified atom stereocenters. The summed E-state index contributed by atoms with van der Waals surface area (Å²) in [5, 5.41) is 3.10. The van der Waals surface area contributed by atoms with Crippen molar-refractivity contribution in [2.24, 2.45) is 0 Å². The van der Waals surface area contributed by atoms with Crippen LogP contribution in [0.3, 0.4) is 0 Å².